The van der Waals surface area contributed by atoms with E-state index in [1.807, 2.05) is 0 Å². The molecule has 0 bridgehead atoms. The molecule has 2 saturated heterocycles. The summed E-state index contributed by atoms with van der Waals surface area (Å²) >= 11 is 0. The second kappa shape index (κ2) is 6.40. The van der Waals surface area contributed by atoms with Crippen LogP contribution >= 0.6 is 0 Å². The third-order valence-electron chi connectivity index (χ3n) is 2.38. The summed E-state index contributed by atoms with van der Waals surface area (Å²) in [4.78, 5) is 0. The van der Waals surface area contributed by atoms with Crippen molar-refractivity contribution < 1.29 is 23.7 Å². The van der Waals surface area contributed by atoms with Gasteiger partial charge < -0.3 is 23.7 Å². The standard InChI is InChI=1S/C10H18O5/c1-3-14-9(5-11-1)7-13-8-10-6-12-2-4-15-10/h9-10H,1-8H2. The normalized spacial score (nSPS) is 32.8. The Hall–Kier alpha value is -0.200. The Morgan fingerprint density at radius 3 is 1.73 bits per heavy atom. The highest BCUT2D eigenvalue weighted by Crippen LogP contribution is 2.04. The lowest BCUT2D eigenvalue weighted by Gasteiger charge is -2.25. The monoisotopic (exact) mass is 218 g/mol. The lowest BCUT2D eigenvalue weighted by molar-refractivity contribution is -0.143. The van der Waals surface area contributed by atoms with E-state index in [4.69, 9.17) is 23.7 Å². The summed E-state index contributed by atoms with van der Waals surface area (Å²) in [5, 5.41) is 0. The first kappa shape index (κ1) is 11.3. The molecule has 2 rings (SSSR count). The molecular weight excluding hydrogens is 200 g/mol. The quantitative estimate of drug-likeness (QED) is 0.656. The van der Waals surface area contributed by atoms with Crippen LogP contribution in [0.15, 0.2) is 0 Å². The number of ether oxygens (including phenoxy) is 5. The molecule has 0 aromatic heterocycles. The van der Waals surface area contributed by atoms with E-state index in [9.17, 15) is 0 Å². The molecule has 5 nitrogen and oxygen atoms in total. The minimum atomic E-state index is 0.0725. The highest BCUT2D eigenvalue weighted by molar-refractivity contribution is 4.62. The van der Waals surface area contributed by atoms with Crippen LogP contribution in [0.5, 0.6) is 0 Å². The van der Waals surface area contributed by atoms with Crippen LogP contribution in [0.1, 0.15) is 0 Å². The molecule has 88 valence electrons. The molecule has 0 spiro atoms. The maximum absolute atomic E-state index is 5.50. The van der Waals surface area contributed by atoms with E-state index in [-0.39, 0.29) is 12.2 Å². The Kier molecular flexibility index (Phi) is 4.82. The number of rotatable bonds is 4. The van der Waals surface area contributed by atoms with E-state index in [2.05, 4.69) is 0 Å². The lowest BCUT2D eigenvalue weighted by atomic mass is 10.3. The van der Waals surface area contributed by atoms with Gasteiger partial charge in [-0.3, -0.25) is 0 Å². The van der Waals surface area contributed by atoms with Crippen LogP contribution < -0.4 is 0 Å². The Morgan fingerprint density at radius 2 is 1.33 bits per heavy atom. The van der Waals surface area contributed by atoms with E-state index < -0.39 is 0 Å². The molecule has 2 fully saturated rings. The molecule has 2 aliphatic rings. The second-order valence-corrected chi connectivity index (χ2v) is 3.67. The van der Waals surface area contributed by atoms with Gasteiger partial charge in [-0.05, 0) is 0 Å². The van der Waals surface area contributed by atoms with E-state index >= 15 is 0 Å². The van der Waals surface area contributed by atoms with Crippen molar-refractivity contribution in [3.05, 3.63) is 0 Å². The highest BCUT2D eigenvalue weighted by Gasteiger charge is 2.17. The Morgan fingerprint density at radius 1 is 0.800 bits per heavy atom. The van der Waals surface area contributed by atoms with Gasteiger partial charge in [0.05, 0.1) is 52.9 Å². The molecule has 0 aromatic rings. The predicted molar refractivity (Wildman–Crippen MR) is 51.9 cm³/mol. The SMILES string of the molecule is C1COC(COCC2COCCO2)CO1. The number of hydrogen-bond acceptors (Lipinski definition) is 5. The van der Waals surface area contributed by atoms with Crippen molar-refractivity contribution in [2.45, 2.75) is 12.2 Å². The van der Waals surface area contributed by atoms with Crippen LogP contribution in [-0.2, 0) is 23.7 Å². The second-order valence-electron chi connectivity index (χ2n) is 3.67. The van der Waals surface area contributed by atoms with Crippen LogP contribution in [0.25, 0.3) is 0 Å². The zero-order valence-electron chi connectivity index (χ0n) is 8.85. The molecule has 2 atom stereocenters. The summed E-state index contributed by atoms with van der Waals surface area (Å²) in [7, 11) is 0. The van der Waals surface area contributed by atoms with Crippen molar-refractivity contribution in [3.63, 3.8) is 0 Å². The average Bonchev–Trinajstić information content (AvgIpc) is 2.32. The number of hydrogen-bond donors (Lipinski definition) is 0. The van der Waals surface area contributed by atoms with Crippen LogP contribution in [0.2, 0.25) is 0 Å². The Bertz CT molecular complexity index is 145. The van der Waals surface area contributed by atoms with Crippen molar-refractivity contribution in [2.75, 3.05) is 52.9 Å². The molecule has 0 amide bonds. The van der Waals surface area contributed by atoms with E-state index in [1.54, 1.807) is 0 Å². The highest BCUT2D eigenvalue weighted by atomic mass is 16.6. The van der Waals surface area contributed by atoms with E-state index in [1.165, 1.54) is 0 Å². The van der Waals surface area contributed by atoms with E-state index in [0.29, 0.717) is 52.9 Å². The van der Waals surface area contributed by atoms with Gasteiger partial charge in [0, 0.05) is 0 Å². The maximum atomic E-state index is 5.50. The molecule has 2 unspecified atom stereocenters. The van der Waals surface area contributed by atoms with Gasteiger partial charge in [-0.15, -0.1) is 0 Å². The van der Waals surface area contributed by atoms with E-state index in [0.717, 1.165) is 0 Å². The molecule has 0 saturated carbocycles. The van der Waals surface area contributed by atoms with Gasteiger partial charge in [0.15, 0.2) is 0 Å². The van der Waals surface area contributed by atoms with Gasteiger partial charge >= 0.3 is 0 Å². The van der Waals surface area contributed by atoms with Crippen LogP contribution in [0.3, 0.4) is 0 Å². The first-order chi connectivity index (χ1) is 7.45. The molecule has 0 N–H and O–H groups in total. The summed E-state index contributed by atoms with van der Waals surface area (Å²) in [6.07, 6.45) is 0.145. The molecule has 15 heavy (non-hydrogen) atoms. The summed E-state index contributed by atoms with van der Waals surface area (Å²) in [6.45, 7) is 5.10. The third kappa shape index (κ3) is 4.04. The van der Waals surface area contributed by atoms with Crippen molar-refractivity contribution in [1.29, 1.82) is 0 Å². The van der Waals surface area contributed by atoms with Gasteiger partial charge in [0.1, 0.15) is 12.2 Å². The minimum absolute atomic E-state index is 0.0725. The van der Waals surface area contributed by atoms with Gasteiger partial charge in [0.2, 0.25) is 0 Å². The molecule has 5 heteroatoms. The molecule has 0 aromatic carbocycles. The largest absolute Gasteiger partial charge is 0.376 e. The summed E-state index contributed by atoms with van der Waals surface area (Å²) in [5.74, 6) is 0. The molecular formula is C10H18O5. The average molecular weight is 218 g/mol. The Balaban J connectivity index is 1.53. The topological polar surface area (TPSA) is 46.2 Å². The zero-order chi connectivity index (χ0) is 10.3. The fraction of sp³-hybridized carbons (Fsp3) is 1.00. The molecule has 0 aliphatic carbocycles. The third-order valence-corrected chi connectivity index (χ3v) is 2.38. The van der Waals surface area contributed by atoms with Gasteiger partial charge in [-0.25, -0.2) is 0 Å². The molecule has 2 aliphatic heterocycles. The van der Waals surface area contributed by atoms with Crippen molar-refractivity contribution in [1.82, 2.24) is 0 Å². The minimum Gasteiger partial charge on any atom is -0.376 e. The molecule has 2 heterocycles. The smallest absolute Gasteiger partial charge is 0.104 e. The van der Waals surface area contributed by atoms with Crippen LogP contribution in [0.4, 0.5) is 0 Å². The fourth-order valence-electron chi connectivity index (χ4n) is 1.60. The fourth-order valence-corrected chi connectivity index (χ4v) is 1.60. The molecule has 0 radical (unpaired) electrons. The van der Waals surface area contributed by atoms with Crippen molar-refractivity contribution in [2.24, 2.45) is 0 Å². The van der Waals surface area contributed by atoms with Gasteiger partial charge in [-0.1, -0.05) is 0 Å². The first-order valence-corrected chi connectivity index (χ1v) is 5.41. The van der Waals surface area contributed by atoms with Gasteiger partial charge in [-0.2, -0.15) is 0 Å². The predicted octanol–water partition coefficient (Wildman–Crippen LogP) is -0.166. The maximum Gasteiger partial charge on any atom is 0.104 e. The summed E-state index contributed by atoms with van der Waals surface area (Å²) in [6, 6.07) is 0. The summed E-state index contributed by atoms with van der Waals surface area (Å²) in [5.41, 5.74) is 0. The summed E-state index contributed by atoms with van der Waals surface area (Å²) < 4.78 is 26.9. The van der Waals surface area contributed by atoms with Crippen molar-refractivity contribution in [3.8, 4) is 0 Å². The van der Waals surface area contributed by atoms with Gasteiger partial charge in [0.25, 0.3) is 0 Å². The lowest BCUT2D eigenvalue weighted by Crippen LogP contribution is -2.36. The van der Waals surface area contributed by atoms with Crippen molar-refractivity contribution >= 4 is 0 Å². The zero-order valence-corrected chi connectivity index (χ0v) is 8.85. The first-order valence-electron chi connectivity index (χ1n) is 5.41. The van der Waals surface area contributed by atoms with Crippen LogP contribution in [-0.4, -0.2) is 65.1 Å². The Labute approximate surface area is 89.6 Å². The van der Waals surface area contributed by atoms with Crippen LogP contribution in [0, 0.1) is 0 Å².